The number of aryl methyl sites for hydroxylation is 1. The summed E-state index contributed by atoms with van der Waals surface area (Å²) in [5, 5.41) is 2.62. The molecule has 1 aromatic rings. The van der Waals surface area contributed by atoms with Crippen molar-refractivity contribution in [2.75, 3.05) is 5.32 Å². The molecule has 54 valence electrons. The average molecular weight is 139 g/mol. The van der Waals surface area contributed by atoms with Crippen LogP contribution in [0.3, 0.4) is 0 Å². The van der Waals surface area contributed by atoms with Crippen LogP contribution in [-0.2, 0) is 4.79 Å². The van der Waals surface area contributed by atoms with E-state index in [0.29, 0.717) is 0 Å². The summed E-state index contributed by atoms with van der Waals surface area (Å²) in [6.07, 6.45) is 1.54. The van der Waals surface area contributed by atoms with E-state index in [1.54, 1.807) is 19.3 Å². The Morgan fingerprint density at radius 2 is 2.40 bits per heavy atom. The lowest BCUT2D eigenvalue weighted by Gasteiger charge is -1.96. The second-order valence-corrected chi connectivity index (χ2v) is 2.07. The van der Waals surface area contributed by atoms with Crippen molar-refractivity contribution < 1.29 is 9.21 Å². The van der Waals surface area contributed by atoms with Gasteiger partial charge in [0.15, 0.2) is 0 Å². The average Bonchev–Trinajstić information content (AvgIpc) is 2.15. The summed E-state index contributed by atoms with van der Waals surface area (Å²) in [5.74, 6) is 0.653. The molecule has 0 fully saturated rings. The van der Waals surface area contributed by atoms with Gasteiger partial charge < -0.3 is 9.73 Å². The third kappa shape index (κ3) is 1.37. The number of amides is 1. The summed E-state index contributed by atoms with van der Waals surface area (Å²) in [6, 6.07) is 1.72. The monoisotopic (exact) mass is 139 g/mol. The topological polar surface area (TPSA) is 42.2 Å². The van der Waals surface area contributed by atoms with Crippen LogP contribution < -0.4 is 5.32 Å². The van der Waals surface area contributed by atoms with Gasteiger partial charge in [0.1, 0.15) is 5.76 Å². The number of hydrogen-bond donors (Lipinski definition) is 1. The van der Waals surface area contributed by atoms with Crippen LogP contribution in [0.1, 0.15) is 12.7 Å². The third-order valence-corrected chi connectivity index (χ3v) is 1.17. The van der Waals surface area contributed by atoms with Gasteiger partial charge in [-0.3, -0.25) is 4.79 Å². The van der Waals surface area contributed by atoms with Crippen molar-refractivity contribution in [3.8, 4) is 0 Å². The van der Waals surface area contributed by atoms with E-state index >= 15 is 0 Å². The summed E-state index contributed by atoms with van der Waals surface area (Å²) in [4.78, 5) is 10.5. The predicted octanol–water partition coefficient (Wildman–Crippen LogP) is 1.55. The van der Waals surface area contributed by atoms with Crippen LogP contribution >= 0.6 is 0 Å². The molecular formula is C7H9NO2. The molecule has 0 saturated carbocycles. The van der Waals surface area contributed by atoms with Gasteiger partial charge >= 0.3 is 0 Å². The molecular weight excluding hydrogens is 130 g/mol. The number of rotatable bonds is 1. The summed E-state index contributed by atoms with van der Waals surface area (Å²) in [7, 11) is 0. The maximum absolute atomic E-state index is 10.5. The fourth-order valence-electron chi connectivity index (χ4n) is 0.704. The Labute approximate surface area is 59.0 Å². The van der Waals surface area contributed by atoms with Crippen LogP contribution in [0.2, 0.25) is 0 Å². The Hall–Kier alpha value is -1.25. The molecule has 10 heavy (non-hydrogen) atoms. The van der Waals surface area contributed by atoms with Gasteiger partial charge in [0.05, 0.1) is 12.0 Å². The molecule has 0 unspecified atom stereocenters. The standard InChI is InChI=1S/C7H9NO2/c1-5-7(3-4-10-5)8-6(2)9/h3-4H,1-2H3,(H,8,9). The zero-order chi connectivity index (χ0) is 7.56. The van der Waals surface area contributed by atoms with Gasteiger partial charge in [-0.1, -0.05) is 0 Å². The molecule has 0 spiro atoms. The molecule has 1 rings (SSSR count). The van der Waals surface area contributed by atoms with Crippen LogP contribution in [0.25, 0.3) is 0 Å². The quantitative estimate of drug-likeness (QED) is 0.641. The predicted molar refractivity (Wildman–Crippen MR) is 37.7 cm³/mol. The van der Waals surface area contributed by atoms with Gasteiger partial charge in [-0.15, -0.1) is 0 Å². The van der Waals surface area contributed by atoms with E-state index in [2.05, 4.69) is 5.32 Å². The van der Waals surface area contributed by atoms with Crippen molar-refractivity contribution in [2.45, 2.75) is 13.8 Å². The van der Waals surface area contributed by atoms with Crippen molar-refractivity contribution in [3.63, 3.8) is 0 Å². The molecule has 0 saturated heterocycles. The minimum atomic E-state index is -0.0792. The highest BCUT2D eigenvalue weighted by Crippen LogP contribution is 2.14. The van der Waals surface area contributed by atoms with Crippen LogP contribution in [0.5, 0.6) is 0 Å². The summed E-state index contributed by atoms with van der Waals surface area (Å²) in [5.41, 5.74) is 0.743. The highest BCUT2D eigenvalue weighted by atomic mass is 16.3. The van der Waals surface area contributed by atoms with Crippen LogP contribution in [0.4, 0.5) is 5.69 Å². The molecule has 0 aliphatic carbocycles. The number of carbonyl (C=O) groups is 1. The first-order valence-electron chi connectivity index (χ1n) is 3.02. The van der Waals surface area contributed by atoms with Crippen LogP contribution in [0, 0.1) is 6.92 Å². The van der Waals surface area contributed by atoms with E-state index in [-0.39, 0.29) is 5.91 Å². The van der Waals surface area contributed by atoms with E-state index in [4.69, 9.17) is 4.42 Å². The van der Waals surface area contributed by atoms with Gasteiger partial charge in [0.25, 0.3) is 0 Å². The molecule has 0 aromatic carbocycles. The Morgan fingerprint density at radius 3 is 2.80 bits per heavy atom. The molecule has 0 radical (unpaired) electrons. The van der Waals surface area contributed by atoms with Gasteiger partial charge in [0.2, 0.25) is 5.91 Å². The number of anilines is 1. The first-order valence-corrected chi connectivity index (χ1v) is 3.02. The first kappa shape index (κ1) is 6.86. The minimum Gasteiger partial charge on any atom is -0.467 e. The van der Waals surface area contributed by atoms with Gasteiger partial charge in [-0.05, 0) is 6.92 Å². The maximum Gasteiger partial charge on any atom is 0.221 e. The number of furan rings is 1. The molecule has 0 atom stereocenters. The SMILES string of the molecule is CC(=O)Nc1ccoc1C. The molecule has 1 heterocycles. The lowest BCUT2D eigenvalue weighted by atomic mass is 10.4. The van der Waals surface area contributed by atoms with Crippen molar-refractivity contribution in [1.82, 2.24) is 0 Å². The third-order valence-electron chi connectivity index (χ3n) is 1.17. The normalized spacial score (nSPS) is 9.40. The van der Waals surface area contributed by atoms with Crippen molar-refractivity contribution in [3.05, 3.63) is 18.1 Å². The number of hydrogen-bond acceptors (Lipinski definition) is 2. The molecule has 0 bridgehead atoms. The Kier molecular flexibility index (Phi) is 1.76. The fourth-order valence-corrected chi connectivity index (χ4v) is 0.704. The summed E-state index contributed by atoms with van der Waals surface area (Å²) >= 11 is 0. The van der Waals surface area contributed by atoms with Crippen LogP contribution in [-0.4, -0.2) is 5.91 Å². The Bertz CT molecular complexity index is 240. The lowest BCUT2D eigenvalue weighted by Crippen LogP contribution is -2.05. The molecule has 3 heteroatoms. The Balaban J connectivity index is 2.74. The molecule has 0 aliphatic rings. The Morgan fingerprint density at radius 1 is 1.70 bits per heavy atom. The zero-order valence-electron chi connectivity index (χ0n) is 5.97. The lowest BCUT2D eigenvalue weighted by molar-refractivity contribution is -0.114. The maximum atomic E-state index is 10.5. The van der Waals surface area contributed by atoms with Crippen molar-refractivity contribution in [1.29, 1.82) is 0 Å². The fraction of sp³-hybridized carbons (Fsp3) is 0.286. The van der Waals surface area contributed by atoms with E-state index in [0.717, 1.165) is 11.4 Å². The van der Waals surface area contributed by atoms with Crippen molar-refractivity contribution in [2.24, 2.45) is 0 Å². The highest BCUT2D eigenvalue weighted by molar-refractivity contribution is 5.89. The number of nitrogens with one attached hydrogen (secondary N) is 1. The molecule has 3 nitrogen and oxygen atoms in total. The minimum absolute atomic E-state index is 0.0792. The van der Waals surface area contributed by atoms with E-state index < -0.39 is 0 Å². The first-order chi connectivity index (χ1) is 4.70. The molecule has 1 aromatic heterocycles. The van der Waals surface area contributed by atoms with Crippen molar-refractivity contribution >= 4 is 11.6 Å². The second-order valence-electron chi connectivity index (χ2n) is 2.07. The summed E-state index contributed by atoms with van der Waals surface area (Å²) in [6.45, 7) is 3.26. The van der Waals surface area contributed by atoms with E-state index in [1.807, 2.05) is 0 Å². The molecule has 0 aliphatic heterocycles. The smallest absolute Gasteiger partial charge is 0.221 e. The van der Waals surface area contributed by atoms with Gasteiger partial charge in [-0.2, -0.15) is 0 Å². The highest BCUT2D eigenvalue weighted by Gasteiger charge is 2.00. The zero-order valence-corrected chi connectivity index (χ0v) is 5.97. The second kappa shape index (κ2) is 2.56. The number of carbonyl (C=O) groups excluding carboxylic acids is 1. The van der Waals surface area contributed by atoms with Crippen LogP contribution in [0.15, 0.2) is 16.7 Å². The summed E-state index contributed by atoms with van der Waals surface area (Å²) < 4.78 is 4.95. The van der Waals surface area contributed by atoms with E-state index in [1.165, 1.54) is 6.92 Å². The molecule has 1 N–H and O–H groups in total. The van der Waals surface area contributed by atoms with Gasteiger partial charge in [0, 0.05) is 13.0 Å². The molecule has 1 amide bonds. The largest absolute Gasteiger partial charge is 0.467 e. The van der Waals surface area contributed by atoms with E-state index in [9.17, 15) is 4.79 Å². The van der Waals surface area contributed by atoms with Gasteiger partial charge in [-0.25, -0.2) is 0 Å².